The van der Waals surface area contributed by atoms with Crippen molar-refractivity contribution < 1.29 is 9.47 Å². The Morgan fingerprint density at radius 1 is 0.976 bits per heavy atom. The summed E-state index contributed by atoms with van der Waals surface area (Å²) in [5, 5.41) is 0.939. The standard InChI is InChI=1S/C31H37N7O3/c1-36-10-6-9-23(19-36)20-41-28-16-25-26(17-27(28)40-2)33-21-34-29(25)37-11-13-38(14-12-37)31-32-18-24(30(39)35-31)15-22-7-4-3-5-8-22/h3-5,7-8,16-18,21,23H,6,9-15,19-20H2,1-2H3,(H,32,35,39). The molecule has 2 aliphatic heterocycles. The van der Waals surface area contributed by atoms with E-state index >= 15 is 0 Å². The van der Waals surface area contributed by atoms with E-state index in [0.29, 0.717) is 49.3 Å². The highest BCUT2D eigenvalue weighted by Gasteiger charge is 2.24. The minimum Gasteiger partial charge on any atom is -0.493 e. The molecule has 0 bridgehead atoms. The topological polar surface area (TPSA) is 99.7 Å². The number of nitrogens with zero attached hydrogens (tertiary/aromatic N) is 6. The average Bonchev–Trinajstić information content (AvgIpc) is 3.01. The van der Waals surface area contributed by atoms with Gasteiger partial charge in [0.25, 0.3) is 5.56 Å². The molecule has 0 radical (unpaired) electrons. The van der Waals surface area contributed by atoms with Gasteiger partial charge in [0.1, 0.15) is 12.1 Å². The molecule has 2 saturated heterocycles. The van der Waals surface area contributed by atoms with Gasteiger partial charge in [0, 0.05) is 68.3 Å². The van der Waals surface area contributed by atoms with Crippen molar-refractivity contribution in [2.45, 2.75) is 19.3 Å². The molecule has 2 fully saturated rings. The molecule has 0 saturated carbocycles. The van der Waals surface area contributed by atoms with Crippen molar-refractivity contribution in [2.75, 3.05) is 69.8 Å². The Kier molecular flexibility index (Phi) is 8.00. The fraction of sp³-hybridized carbons (Fsp3) is 0.419. The van der Waals surface area contributed by atoms with Crippen molar-refractivity contribution in [1.29, 1.82) is 0 Å². The van der Waals surface area contributed by atoms with Crippen LogP contribution in [-0.4, -0.2) is 84.9 Å². The van der Waals surface area contributed by atoms with Gasteiger partial charge < -0.3 is 24.2 Å². The Bertz CT molecular complexity index is 1540. The van der Waals surface area contributed by atoms with E-state index < -0.39 is 0 Å². The molecule has 4 aromatic rings. The third-order valence-electron chi connectivity index (χ3n) is 8.07. The normalized spacial score (nSPS) is 18.0. The molecule has 2 aliphatic rings. The second-order valence-corrected chi connectivity index (χ2v) is 11.0. The predicted octanol–water partition coefficient (Wildman–Crippen LogP) is 3.36. The van der Waals surface area contributed by atoms with Crippen LogP contribution in [-0.2, 0) is 6.42 Å². The summed E-state index contributed by atoms with van der Waals surface area (Å²) in [5.41, 5.74) is 2.48. The number of nitrogens with one attached hydrogen (secondary N) is 1. The number of rotatable bonds is 8. The second-order valence-electron chi connectivity index (χ2n) is 11.0. The van der Waals surface area contributed by atoms with Gasteiger partial charge in [-0.1, -0.05) is 30.3 Å². The fourth-order valence-electron chi connectivity index (χ4n) is 5.84. The van der Waals surface area contributed by atoms with E-state index in [4.69, 9.17) is 9.47 Å². The van der Waals surface area contributed by atoms with Crippen LogP contribution in [0.5, 0.6) is 11.5 Å². The van der Waals surface area contributed by atoms with E-state index in [-0.39, 0.29) is 5.56 Å². The van der Waals surface area contributed by atoms with Gasteiger partial charge >= 0.3 is 0 Å². The zero-order valence-corrected chi connectivity index (χ0v) is 23.8. The van der Waals surface area contributed by atoms with Crippen molar-refractivity contribution in [3.05, 3.63) is 76.5 Å². The van der Waals surface area contributed by atoms with Gasteiger partial charge in [-0.3, -0.25) is 9.78 Å². The number of aromatic nitrogens is 4. The molecule has 4 heterocycles. The van der Waals surface area contributed by atoms with Crippen LogP contribution < -0.4 is 24.8 Å². The van der Waals surface area contributed by atoms with Gasteiger partial charge in [-0.05, 0) is 38.1 Å². The van der Waals surface area contributed by atoms with Gasteiger partial charge in [0.2, 0.25) is 5.95 Å². The molecule has 0 spiro atoms. The number of H-pyrrole nitrogens is 1. The minimum absolute atomic E-state index is 0.0931. The molecule has 10 nitrogen and oxygen atoms in total. The Hall–Kier alpha value is -4.18. The predicted molar refractivity (Wildman–Crippen MR) is 160 cm³/mol. The molecule has 1 N–H and O–H groups in total. The molecule has 41 heavy (non-hydrogen) atoms. The number of methoxy groups -OCH3 is 1. The molecule has 1 unspecified atom stereocenters. The largest absolute Gasteiger partial charge is 0.493 e. The summed E-state index contributed by atoms with van der Waals surface area (Å²) in [7, 11) is 3.83. The van der Waals surface area contributed by atoms with Crippen LogP contribution in [0.3, 0.4) is 0 Å². The number of fused-ring (bicyclic) bond motifs is 1. The third-order valence-corrected chi connectivity index (χ3v) is 8.07. The number of piperidine rings is 1. The number of hydrogen-bond donors (Lipinski definition) is 1. The quantitative estimate of drug-likeness (QED) is 0.351. The lowest BCUT2D eigenvalue weighted by atomic mass is 9.99. The number of hydrogen-bond acceptors (Lipinski definition) is 9. The molecule has 2 aromatic carbocycles. The SMILES string of the molecule is COc1cc2ncnc(N3CCN(c4ncc(Cc5ccccc5)c(=O)[nH]4)CC3)c2cc1OCC1CCCN(C)C1. The lowest BCUT2D eigenvalue weighted by molar-refractivity contribution is 0.148. The number of piperazine rings is 1. The summed E-state index contributed by atoms with van der Waals surface area (Å²) in [6.45, 7) is 5.74. The van der Waals surface area contributed by atoms with Gasteiger partial charge in [-0.25, -0.2) is 15.0 Å². The maximum atomic E-state index is 12.8. The van der Waals surface area contributed by atoms with Crippen LogP contribution in [0.4, 0.5) is 11.8 Å². The van der Waals surface area contributed by atoms with Crippen LogP contribution in [0.1, 0.15) is 24.0 Å². The van der Waals surface area contributed by atoms with Crippen LogP contribution >= 0.6 is 0 Å². The Balaban J connectivity index is 1.15. The summed E-state index contributed by atoms with van der Waals surface area (Å²) in [5.74, 6) is 3.38. The summed E-state index contributed by atoms with van der Waals surface area (Å²) >= 11 is 0. The van der Waals surface area contributed by atoms with Crippen LogP contribution in [0, 0.1) is 5.92 Å². The Labute approximate surface area is 240 Å². The Morgan fingerprint density at radius 2 is 1.78 bits per heavy atom. The first-order chi connectivity index (χ1) is 20.1. The summed E-state index contributed by atoms with van der Waals surface area (Å²) in [6, 6.07) is 13.9. The van der Waals surface area contributed by atoms with E-state index in [1.807, 2.05) is 42.5 Å². The molecular weight excluding hydrogens is 518 g/mol. The lowest BCUT2D eigenvalue weighted by Gasteiger charge is -2.36. The van der Waals surface area contributed by atoms with E-state index in [1.165, 1.54) is 12.8 Å². The van der Waals surface area contributed by atoms with Gasteiger partial charge in [-0.2, -0.15) is 0 Å². The summed E-state index contributed by atoms with van der Waals surface area (Å²) < 4.78 is 12.0. The first-order valence-electron chi connectivity index (χ1n) is 14.3. The molecule has 214 valence electrons. The maximum absolute atomic E-state index is 12.8. The molecule has 0 aliphatic carbocycles. The highest BCUT2D eigenvalue weighted by molar-refractivity contribution is 5.92. The monoisotopic (exact) mass is 555 g/mol. The number of aromatic amines is 1. The zero-order chi connectivity index (χ0) is 28.2. The average molecular weight is 556 g/mol. The summed E-state index contributed by atoms with van der Waals surface area (Å²) in [6.07, 6.45) is 6.24. The smallest absolute Gasteiger partial charge is 0.255 e. The Morgan fingerprint density at radius 3 is 2.54 bits per heavy atom. The molecule has 0 amide bonds. The fourth-order valence-corrected chi connectivity index (χ4v) is 5.84. The summed E-state index contributed by atoms with van der Waals surface area (Å²) in [4.78, 5) is 36.3. The number of benzene rings is 2. The van der Waals surface area contributed by atoms with E-state index in [9.17, 15) is 4.79 Å². The van der Waals surface area contributed by atoms with E-state index in [2.05, 4.69) is 41.7 Å². The van der Waals surface area contributed by atoms with Crippen molar-refractivity contribution in [2.24, 2.45) is 5.92 Å². The third kappa shape index (κ3) is 6.12. The van der Waals surface area contributed by atoms with E-state index in [1.54, 1.807) is 19.6 Å². The first kappa shape index (κ1) is 27.0. The lowest BCUT2D eigenvalue weighted by Crippen LogP contribution is -2.47. The van der Waals surface area contributed by atoms with Gasteiger partial charge in [0.05, 0.1) is 19.2 Å². The minimum atomic E-state index is -0.0931. The van der Waals surface area contributed by atoms with E-state index in [0.717, 1.165) is 54.2 Å². The molecule has 1 atom stereocenters. The van der Waals surface area contributed by atoms with Crippen LogP contribution in [0.25, 0.3) is 10.9 Å². The number of anilines is 2. The highest BCUT2D eigenvalue weighted by Crippen LogP contribution is 2.36. The van der Waals surface area contributed by atoms with Crippen molar-refractivity contribution in [3.63, 3.8) is 0 Å². The van der Waals surface area contributed by atoms with Gasteiger partial charge in [0.15, 0.2) is 11.5 Å². The van der Waals surface area contributed by atoms with Crippen molar-refractivity contribution in [3.8, 4) is 11.5 Å². The van der Waals surface area contributed by atoms with Crippen molar-refractivity contribution in [1.82, 2.24) is 24.8 Å². The number of likely N-dealkylation sites (tertiary alicyclic amines) is 1. The first-order valence-corrected chi connectivity index (χ1v) is 14.3. The molecule has 10 heteroatoms. The highest BCUT2D eigenvalue weighted by atomic mass is 16.5. The zero-order valence-electron chi connectivity index (χ0n) is 23.8. The van der Waals surface area contributed by atoms with Crippen molar-refractivity contribution >= 4 is 22.7 Å². The van der Waals surface area contributed by atoms with Crippen LogP contribution in [0.2, 0.25) is 0 Å². The van der Waals surface area contributed by atoms with Crippen LogP contribution in [0.15, 0.2) is 59.8 Å². The number of ether oxygens (including phenoxy) is 2. The molecular formula is C31H37N7O3. The van der Waals surface area contributed by atoms with Gasteiger partial charge in [-0.15, -0.1) is 0 Å². The second kappa shape index (κ2) is 12.1. The molecule has 2 aromatic heterocycles. The molecule has 6 rings (SSSR count). The maximum Gasteiger partial charge on any atom is 0.255 e.